The number of nitrogen functional groups attached to an aromatic ring is 1. The lowest BCUT2D eigenvalue weighted by molar-refractivity contribution is -0.123. The Bertz CT molecular complexity index is 491. The van der Waals surface area contributed by atoms with E-state index in [4.69, 9.17) is 5.73 Å². The van der Waals surface area contributed by atoms with Gasteiger partial charge in [-0.15, -0.1) is 0 Å². The molecule has 1 rings (SSSR count). The van der Waals surface area contributed by atoms with Crippen molar-refractivity contribution in [3.63, 3.8) is 0 Å². The quantitative estimate of drug-likeness (QED) is 0.658. The Morgan fingerprint density at radius 1 is 1.26 bits per heavy atom. The number of carbonyl (C=O) groups is 1. The third kappa shape index (κ3) is 3.52. The van der Waals surface area contributed by atoms with Gasteiger partial charge in [-0.1, -0.05) is 0 Å². The predicted octanol–water partition coefficient (Wildman–Crippen LogP) is 2.18. The van der Waals surface area contributed by atoms with Gasteiger partial charge in [-0.05, 0) is 6.07 Å². The molecular formula is C10H8F6N2O. The van der Waals surface area contributed by atoms with Crippen molar-refractivity contribution in [1.29, 1.82) is 0 Å². The van der Waals surface area contributed by atoms with Crippen molar-refractivity contribution in [2.45, 2.75) is 12.3 Å². The summed E-state index contributed by atoms with van der Waals surface area (Å²) in [6.07, 6.45) is -3.98. The van der Waals surface area contributed by atoms with Crippen LogP contribution in [0.4, 0.5) is 32.0 Å². The van der Waals surface area contributed by atoms with Gasteiger partial charge in [0.1, 0.15) is 11.6 Å². The lowest BCUT2D eigenvalue weighted by Crippen LogP contribution is -2.41. The molecule has 9 heteroatoms. The average Bonchev–Trinajstić information content (AvgIpc) is 2.30. The highest BCUT2D eigenvalue weighted by atomic mass is 19.3. The second kappa shape index (κ2) is 5.37. The smallest absolute Gasteiger partial charge is 0.324 e. The molecule has 19 heavy (non-hydrogen) atoms. The summed E-state index contributed by atoms with van der Waals surface area (Å²) in [5.41, 5.74) is 3.68. The standard InChI is InChI=1S/C10H8F6N2O/c11-5-2-6(12)7(17)1-4(5)8(19)18-3-10(15,16)9(13)14/h1-2,9H,3,17H2,(H,18,19). The van der Waals surface area contributed by atoms with E-state index in [0.29, 0.717) is 6.07 Å². The Labute approximate surface area is 103 Å². The van der Waals surface area contributed by atoms with Crippen LogP contribution in [-0.4, -0.2) is 24.8 Å². The molecule has 0 fully saturated rings. The van der Waals surface area contributed by atoms with E-state index in [1.54, 1.807) is 0 Å². The molecule has 0 saturated carbocycles. The number of anilines is 1. The van der Waals surface area contributed by atoms with Crippen molar-refractivity contribution >= 4 is 11.6 Å². The summed E-state index contributed by atoms with van der Waals surface area (Å²) in [7, 11) is 0. The molecule has 3 nitrogen and oxygen atoms in total. The molecule has 0 radical (unpaired) electrons. The van der Waals surface area contributed by atoms with Crippen LogP contribution in [0.2, 0.25) is 0 Å². The van der Waals surface area contributed by atoms with Gasteiger partial charge in [-0.2, -0.15) is 8.78 Å². The summed E-state index contributed by atoms with van der Waals surface area (Å²) in [6.45, 7) is -1.68. The molecule has 0 unspecified atom stereocenters. The number of halogens is 6. The highest BCUT2D eigenvalue weighted by Gasteiger charge is 2.41. The molecule has 0 atom stereocenters. The Morgan fingerprint density at radius 3 is 2.37 bits per heavy atom. The molecule has 1 amide bonds. The maximum Gasteiger partial charge on any atom is 0.324 e. The highest BCUT2D eigenvalue weighted by molar-refractivity contribution is 5.95. The molecule has 0 spiro atoms. The molecule has 106 valence electrons. The van der Waals surface area contributed by atoms with Crippen LogP contribution in [0, 0.1) is 11.6 Å². The fourth-order valence-corrected chi connectivity index (χ4v) is 1.11. The largest absolute Gasteiger partial charge is 0.396 e. The number of benzene rings is 1. The third-order valence-electron chi connectivity index (χ3n) is 2.13. The third-order valence-corrected chi connectivity index (χ3v) is 2.13. The first-order valence-electron chi connectivity index (χ1n) is 4.84. The average molecular weight is 286 g/mol. The number of carbonyl (C=O) groups excluding carboxylic acids is 1. The monoisotopic (exact) mass is 286 g/mol. The van der Waals surface area contributed by atoms with Crippen LogP contribution in [0.3, 0.4) is 0 Å². The van der Waals surface area contributed by atoms with Crippen LogP contribution in [0.5, 0.6) is 0 Å². The van der Waals surface area contributed by atoms with Crippen LogP contribution in [-0.2, 0) is 0 Å². The van der Waals surface area contributed by atoms with E-state index < -0.39 is 47.7 Å². The maximum absolute atomic E-state index is 13.2. The van der Waals surface area contributed by atoms with Gasteiger partial charge < -0.3 is 11.1 Å². The van der Waals surface area contributed by atoms with Crippen LogP contribution in [0.25, 0.3) is 0 Å². The van der Waals surface area contributed by atoms with Crippen LogP contribution in [0.15, 0.2) is 12.1 Å². The van der Waals surface area contributed by atoms with Crippen LogP contribution in [0.1, 0.15) is 10.4 Å². The minimum atomic E-state index is -4.45. The van der Waals surface area contributed by atoms with Crippen molar-refractivity contribution in [2.24, 2.45) is 0 Å². The highest BCUT2D eigenvalue weighted by Crippen LogP contribution is 2.22. The number of hydrogen-bond acceptors (Lipinski definition) is 2. The molecule has 0 aliphatic carbocycles. The zero-order valence-electron chi connectivity index (χ0n) is 9.19. The Morgan fingerprint density at radius 2 is 1.84 bits per heavy atom. The Hall–Kier alpha value is -1.93. The lowest BCUT2D eigenvalue weighted by atomic mass is 10.1. The molecule has 0 aromatic heterocycles. The topological polar surface area (TPSA) is 55.1 Å². The first-order chi connectivity index (χ1) is 8.65. The van der Waals surface area contributed by atoms with E-state index in [-0.39, 0.29) is 6.07 Å². The zero-order valence-corrected chi connectivity index (χ0v) is 9.19. The second-order valence-corrected chi connectivity index (χ2v) is 3.60. The zero-order chi connectivity index (χ0) is 14.8. The van der Waals surface area contributed by atoms with Crippen molar-refractivity contribution in [1.82, 2.24) is 5.32 Å². The number of hydrogen-bond donors (Lipinski definition) is 2. The number of alkyl halides is 4. The summed E-state index contributed by atoms with van der Waals surface area (Å²) in [5.74, 6) is -8.32. The lowest BCUT2D eigenvalue weighted by Gasteiger charge is -2.16. The van der Waals surface area contributed by atoms with Gasteiger partial charge >= 0.3 is 12.3 Å². The second-order valence-electron chi connectivity index (χ2n) is 3.60. The minimum absolute atomic E-state index is 0.287. The summed E-state index contributed by atoms with van der Waals surface area (Å²) < 4.78 is 74.6. The van der Waals surface area contributed by atoms with E-state index in [9.17, 15) is 31.1 Å². The van der Waals surface area contributed by atoms with E-state index in [0.717, 1.165) is 0 Å². The molecule has 1 aromatic rings. The number of rotatable bonds is 4. The van der Waals surface area contributed by atoms with Crippen molar-refractivity contribution < 1.29 is 31.1 Å². The van der Waals surface area contributed by atoms with Crippen molar-refractivity contribution in [3.05, 3.63) is 29.3 Å². The summed E-state index contributed by atoms with van der Waals surface area (Å²) in [6, 6.07) is 0.871. The van der Waals surface area contributed by atoms with Gasteiger partial charge in [0, 0.05) is 6.07 Å². The predicted molar refractivity (Wildman–Crippen MR) is 54.1 cm³/mol. The van der Waals surface area contributed by atoms with Crippen molar-refractivity contribution in [3.8, 4) is 0 Å². The van der Waals surface area contributed by atoms with Gasteiger partial charge in [0.05, 0.1) is 17.8 Å². The van der Waals surface area contributed by atoms with Crippen LogP contribution < -0.4 is 11.1 Å². The first kappa shape index (κ1) is 15.1. The normalized spacial score (nSPS) is 11.7. The Balaban J connectivity index is 2.83. The number of amides is 1. The fourth-order valence-electron chi connectivity index (χ4n) is 1.11. The molecule has 0 saturated heterocycles. The van der Waals surface area contributed by atoms with E-state index >= 15 is 0 Å². The van der Waals surface area contributed by atoms with E-state index in [1.807, 2.05) is 0 Å². The summed E-state index contributed by atoms with van der Waals surface area (Å²) in [5, 5.41) is 1.42. The molecule has 0 heterocycles. The maximum atomic E-state index is 13.2. The summed E-state index contributed by atoms with van der Waals surface area (Å²) in [4.78, 5) is 11.3. The van der Waals surface area contributed by atoms with Crippen molar-refractivity contribution in [2.75, 3.05) is 12.3 Å². The minimum Gasteiger partial charge on any atom is -0.396 e. The van der Waals surface area contributed by atoms with Gasteiger partial charge in [-0.25, -0.2) is 17.6 Å². The molecule has 0 bridgehead atoms. The fraction of sp³-hybridized carbons (Fsp3) is 0.300. The van der Waals surface area contributed by atoms with Crippen LogP contribution >= 0.6 is 0 Å². The summed E-state index contributed by atoms with van der Waals surface area (Å²) >= 11 is 0. The molecule has 3 N–H and O–H groups in total. The Kier molecular flexibility index (Phi) is 4.28. The molecular weight excluding hydrogens is 278 g/mol. The first-order valence-corrected chi connectivity index (χ1v) is 4.84. The molecule has 0 aliphatic heterocycles. The van der Waals surface area contributed by atoms with Gasteiger partial charge in [0.15, 0.2) is 0 Å². The van der Waals surface area contributed by atoms with Gasteiger partial charge in [-0.3, -0.25) is 4.79 Å². The van der Waals surface area contributed by atoms with E-state index in [1.165, 1.54) is 5.32 Å². The number of nitrogens with two attached hydrogens (primary N) is 1. The van der Waals surface area contributed by atoms with E-state index in [2.05, 4.69) is 0 Å². The van der Waals surface area contributed by atoms with Gasteiger partial charge in [0.25, 0.3) is 5.91 Å². The van der Waals surface area contributed by atoms with Gasteiger partial charge in [0.2, 0.25) is 0 Å². The SMILES string of the molecule is Nc1cc(C(=O)NCC(F)(F)C(F)F)c(F)cc1F. The molecule has 0 aliphatic rings. The molecule has 1 aromatic carbocycles. The number of nitrogens with one attached hydrogen (secondary N) is 1.